The van der Waals surface area contributed by atoms with E-state index in [-0.39, 0.29) is 12.2 Å². The number of halogens is 2. The van der Waals surface area contributed by atoms with Gasteiger partial charge in [0.05, 0.1) is 0 Å². The molecule has 0 amide bonds. The third-order valence-corrected chi connectivity index (χ3v) is 2.12. The minimum Gasteiger partial charge on any atom is -0.247 e. The van der Waals surface area contributed by atoms with Gasteiger partial charge in [-0.25, -0.2) is 8.78 Å². The number of allylic oxidation sites excluding steroid dienone is 4. The van der Waals surface area contributed by atoms with Gasteiger partial charge >= 0.3 is 0 Å². The highest BCUT2D eigenvalue weighted by atomic mass is 19.1. The van der Waals surface area contributed by atoms with Gasteiger partial charge in [-0.05, 0) is 31.8 Å². The molecule has 1 aliphatic rings. The number of rotatable bonds is 0. The predicted molar refractivity (Wildman–Crippen MR) is 46.3 cm³/mol. The lowest BCUT2D eigenvalue weighted by Crippen LogP contribution is -1.98. The topological polar surface area (TPSA) is 0 Å². The summed E-state index contributed by atoms with van der Waals surface area (Å²) in [6.07, 6.45) is 4.55. The number of hydrogen-bond donors (Lipinski definition) is 0. The molecule has 0 unspecified atom stereocenters. The van der Waals surface area contributed by atoms with Crippen molar-refractivity contribution < 1.29 is 8.78 Å². The van der Waals surface area contributed by atoms with E-state index in [9.17, 15) is 8.78 Å². The molecule has 0 fully saturated rings. The third-order valence-electron chi connectivity index (χ3n) is 2.12. The Kier molecular flexibility index (Phi) is 3.45. The zero-order valence-electron chi connectivity index (χ0n) is 7.32. The van der Waals surface area contributed by atoms with Gasteiger partial charge in [-0.1, -0.05) is 12.2 Å². The monoisotopic (exact) mass is 172 g/mol. The summed E-state index contributed by atoms with van der Waals surface area (Å²) in [6.45, 7) is 1.73. The fraction of sp³-hybridized carbons (Fsp3) is 0.600. The minimum atomic E-state index is -0.841. The molecule has 0 radical (unpaired) electrons. The Morgan fingerprint density at radius 1 is 1.42 bits per heavy atom. The second-order valence-corrected chi connectivity index (χ2v) is 3.20. The molecule has 0 aromatic rings. The summed E-state index contributed by atoms with van der Waals surface area (Å²) in [7, 11) is 0. The second-order valence-electron chi connectivity index (χ2n) is 3.20. The van der Waals surface area contributed by atoms with Crippen LogP contribution >= 0.6 is 0 Å². The third kappa shape index (κ3) is 2.76. The summed E-state index contributed by atoms with van der Waals surface area (Å²) in [5.74, 6) is -0.171. The van der Waals surface area contributed by atoms with E-state index in [2.05, 4.69) is 0 Å². The van der Waals surface area contributed by atoms with Crippen molar-refractivity contribution in [1.29, 1.82) is 0 Å². The molecular formula is C10H14F2. The van der Waals surface area contributed by atoms with Gasteiger partial charge in [0.25, 0.3) is 0 Å². The molecule has 2 heteroatoms. The van der Waals surface area contributed by atoms with Crippen molar-refractivity contribution in [2.24, 2.45) is 0 Å². The fourth-order valence-electron chi connectivity index (χ4n) is 1.25. The van der Waals surface area contributed by atoms with Gasteiger partial charge in [0, 0.05) is 6.42 Å². The van der Waals surface area contributed by atoms with Gasteiger partial charge in [-0.15, -0.1) is 0 Å². The van der Waals surface area contributed by atoms with Crippen molar-refractivity contribution in [3.63, 3.8) is 0 Å². The minimum absolute atomic E-state index is 0.171. The second kappa shape index (κ2) is 4.39. The zero-order valence-corrected chi connectivity index (χ0v) is 7.32. The Morgan fingerprint density at radius 2 is 2.17 bits per heavy atom. The van der Waals surface area contributed by atoms with Gasteiger partial charge in [-0.3, -0.25) is 0 Å². The maximum atomic E-state index is 13.0. The lowest BCUT2D eigenvalue weighted by molar-refractivity contribution is 0.292. The van der Waals surface area contributed by atoms with Crippen LogP contribution in [0.4, 0.5) is 8.78 Å². The van der Waals surface area contributed by atoms with E-state index in [1.54, 1.807) is 13.0 Å². The summed E-state index contributed by atoms with van der Waals surface area (Å²) < 4.78 is 25.9. The Bertz CT molecular complexity index is 204. The van der Waals surface area contributed by atoms with Gasteiger partial charge in [0.15, 0.2) is 0 Å². The molecular weight excluding hydrogens is 158 g/mol. The maximum absolute atomic E-state index is 13.0. The molecule has 12 heavy (non-hydrogen) atoms. The standard InChI is InChI=1S/C10H14F2/c1-8-4-2-3-5-9(11)6-7-10(8)12/h2,4,9H,3,5-7H2,1H3/b4-2-,10-8+/t9-/m0/s1. The maximum Gasteiger partial charge on any atom is 0.103 e. The molecule has 0 heterocycles. The van der Waals surface area contributed by atoms with E-state index < -0.39 is 6.17 Å². The van der Waals surface area contributed by atoms with Crippen LogP contribution in [0.15, 0.2) is 23.6 Å². The summed E-state index contributed by atoms with van der Waals surface area (Å²) in [6, 6.07) is 0. The first-order valence-corrected chi connectivity index (χ1v) is 4.36. The highest BCUT2D eigenvalue weighted by molar-refractivity contribution is 5.20. The lowest BCUT2D eigenvalue weighted by atomic mass is 10.1. The summed E-state index contributed by atoms with van der Waals surface area (Å²) in [5.41, 5.74) is 0.643. The Hall–Kier alpha value is -0.660. The molecule has 0 saturated carbocycles. The molecule has 0 bridgehead atoms. The zero-order chi connectivity index (χ0) is 8.97. The summed E-state index contributed by atoms with van der Waals surface area (Å²) >= 11 is 0. The Morgan fingerprint density at radius 3 is 2.92 bits per heavy atom. The van der Waals surface area contributed by atoms with E-state index in [1.165, 1.54) is 0 Å². The van der Waals surface area contributed by atoms with Gasteiger partial charge < -0.3 is 0 Å². The number of hydrogen-bond acceptors (Lipinski definition) is 0. The quantitative estimate of drug-likeness (QED) is 0.522. The van der Waals surface area contributed by atoms with E-state index in [4.69, 9.17) is 0 Å². The van der Waals surface area contributed by atoms with Crippen LogP contribution in [-0.2, 0) is 0 Å². The molecule has 0 nitrogen and oxygen atoms in total. The Balaban J connectivity index is 2.65. The van der Waals surface area contributed by atoms with Crippen molar-refractivity contribution in [3.05, 3.63) is 23.6 Å². The first-order valence-electron chi connectivity index (χ1n) is 4.36. The normalized spacial score (nSPS) is 35.1. The van der Waals surface area contributed by atoms with Gasteiger partial charge in [0.1, 0.15) is 12.0 Å². The molecule has 1 atom stereocenters. The van der Waals surface area contributed by atoms with Gasteiger partial charge in [-0.2, -0.15) is 0 Å². The van der Waals surface area contributed by atoms with Gasteiger partial charge in [0.2, 0.25) is 0 Å². The van der Waals surface area contributed by atoms with Crippen LogP contribution in [0.5, 0.6) is 0 Å². The average molecular weight is 172 g/mol. The van der Waals surface area contributed by atoms with E-state index in [0.29, 0.717) is 24.8 Å². The summed E-state index contributed by atoms with van der Waals surface area (Å²) in [4.78, 5) is 0. The molecule has 0 aliphatic heterocycles. The van der Waals surface area contributed by atoms with Crippen LogP contribution in [-0.4, -0.2) is 6.17 Å². The molecule has 1 aliphatic carbocycles. The van der Waals surface area contributed by atoms with Crippen LogP contribution in [0.2, 0.25) is 0 Å². The smallest absolute Gasteiger partial charge is 0.103 e. The Labute approximate surface area is 72.0 Å². The van der Waals surface area contributed by atoms with E-state index >= 15 is 0 Å². The van der Waals surface area contributed by atoms with Crippen LogP contribution < -0.4 is 0 Å². The van der Waals surface area contributed by atoms with Crippen molar-refractivity contribution >= 4 is 0 Å². The molecule has 0 N–H and O–H groups in total. The lowest BCUT2D eigenvalue weighted by Gasteiger charge is -2.03. The van der Waals surface area contributed by atoms with Crippen LogP contribution in [0, 0.1) is 0 Å². The molecule has 0 saturated heterocycles. The largest absolute Gasteiger partial charge is 0.247 e. The van der Waals surface area contributed by atoms with Crippen molar-refractivity contribution in [2.75, 3.05) is 0 Å². The van der Waals surface area contributed by atoms with Crippen molar-refractivity contribution in [3.8, 4) is 0 Å². The molecule has 68 valence electrons. The van der Waals surface area contributed by atoms with Crippen molar-refractivity contribution in [2.45, 2.75) is 38.8 Å². The van der Waals surface area contributed by atoms with Crippen molar-refractivity contribution in [1.82, 2.24) is 0 Å². The van der Waals surface area contributed by atoms with E-state index in [0.717, 1.165) is 0 Å². The fourth-order valence-corrected chi connectivity index (χ4v) is 1.25. The van der Waals surface area contributed by atoms with E-state index in [1.807, 2.05) is 6.08 Å². The SMILES string of the molecule is CC1=C(\F)CC[C@@H](F)CC/C=C\1. The average Bonchev–Trinajstić information content (AvgIpc) is 2.11. The van der Waals surface area contributed by atoms with Crippen LogP contribution in [0.1, 0.15) is 32.6 Å². The van der Waals surface area contributed by atoms with Crippen LogP contribution in [0.3, 0.4) is 0 Å². The molecule has 0 spiro atoms. The van der Waals surface area contributed by atoms with Crippen LogP contribution in [0.25, 0.3) is 0 Å². The first kappa shape index (κ1) is 9.43. The predicted octanol–water partition coefficient (Wildman–Crippen LogP) is 3.70. The highest BCUT2D eigenvalue weighted by Gasteiger charge is 2.09. The number of alkyl halides is 1. The summed E-state index contributed by atoms with van der Waals surface area (Å²) in [5, 5.41) is 0. The molecule has 1 rings (SSSR count). The molecule has 0 aromatic heterocycles. The first-order chi connectivity index (χ1) is 5.70. The highest BCUT2D eigenvalue weighted by Crippen LogP contribution is 2.20. The molecule has 0 aromatic carbocycles.